The third kappa shape index (κ3) is 14.1. The minimum Gasteiger partial charge on any atom is -0.396 e. The van der Waals surface area contributed by atoms with Crippen molar-refractivity contribution in [2.75, 3.05) is 13.2 Å². The number of unbranched alkanes of at least 4 members (excludes halogenated alkanes) is 1. The van der Waals surface area contributed by atoms with Crippen LogP contribution in [0.25, 0.3) is 0 Å². The summed E-state index contributed by atoms with van der Waals surface area (Å²) in [6, 6.07) is 0. The summed E-state index contributed by atoms with van der Waals surface area (Å²) in [5, 5.41) is 18.6. The largest absolute Gasteiger partial charge is 0.396 e. The van der Waals surface area contributed by atoms with E-state index < -0.39 is 0 Å². The van der Waals surface area contributed by atoms with Crippen LogP contribution in [0.3, 0.4) is 0 Å². The zero-order valence-corrected chi connectivity index (χ0v) is 13.1. The van der Waals surface area contributed by atoms with Gasteiger partial charge in [-0.1, -0.05) is 17.4 Å². The Balaban J connectivity index is 0.000000406. The Hall–Kier alpha value is -2.28. The van der Waals surface area contributed by atoms with E-state index in [1.54, 1.807) is 23.2 Å². The molecule has 1 rings (SSSR count). The van der Waals surface area contributed by atoms with Crippen LogP contribution in [-0.4, -0.2) is 45.9 Å². The minimum absolute atomic E-state index is 0.00620. The van der Waals surface area contributed by atoms with E-state index in [9.17, 15) is 4.79 Å². The van der Waals surface area contributed by atoms with Gasteiger partial charge >= 0.3 is 0 Å². The number of aromatic nitrogens is 3. The molecule has 0 unspecified atom stereocenters. The highest BCUT2D eigenvalue weighted by atomic mass is 16.2. The number of carbonyl (C=O) groups is 1. The van der Waals surface area contributed by atoms with Crippen molar-refractivity contribution >= 4 is 12.6 Å². The van der Waals surface area contributed by atoms with E-state index in [2.05, 4.69) is 27.3 Å². The summed E-state index contributed by atoms with van der Waals surface area (Å²) in [5.41, 5.74) is 0. The Kier molecular flexibility index (Phi) is 13.5. The monoisotopic (exact) mass is 307 g/mol. The molecule has 0 saturated carbocycles. The normalized spacial score (nSPS) is 10.5. The van der Waals surface area contributed by atoms with Crippen molar-refractivity contribution in [3.05, 3.63) is 36.8 Å². The molecule has 1 aromatic rings. The van der Waals surface area contributed by atoms with Crippen molar-refractivity contribution < 1.29 is 9.90 Å². The highest BCUT2D eigenvalue weighted by molar-refractivity contribution is 5.72. The molecule has 7 nitrogen and oxygen atoms in total. The molecule has 1 amide bonds. The fourth-order valence-corrected chi connectivity index (χ4v) is 1.35. The predicted molar refractivity (Wildman–Crippen MR) is 87.5 cm³/mol. The van der Waals surface area contributed by atoms with Crippen LogP contribution in [0.2, 0.25) is 0 Å². The fourth-order valence-electron chi connectivity index (χ4n) is 1.35. The molecule has 0 aliphatic rings. The Bertz CT molecular complexity index is 441. The van der Waals surface area contributed by atoms with Gasteiger partial charge in [-0.05, 0) is 32.1 Å². The Morgan fingerprint density at radius 1 is 1.45 bits per heavy atom. The highest BCUT2D eigenvalue weighted by Gasteiger charge is 1.89. The summed E-state index contributed by atoms with van der Waals surface area (Å²) < 4.78 is 1.76. The lowest BCUT2D eigenvalue weighted by molar-refractivity contribution is -0.118. The summed E-state index contributed by atoms with van der Waals surface area (Å²) in [7, 11) is 0. The number of nitrogens with one attached hydrogen (secondary N) is 1. The van der Waals surface area contributed by atoms with Crippen LogP contribution in [-0.2, 0) is 11.3 Å². The highest BCUT2D eigenvalue weighted by Crippen LogP contribution is 1.90. The number of aliphatic hydroxyl groups excluding tert-OH is 1. The number of hydrogen-bond donors (Lipinski definition) is 2. The van der Waals surface area contributed by atoms with E-state index in [4.69, 9.17) is 5.11 Å². The maximum Gasteiger partial charge on any atom is 0.216 e. The van der Waals surface area contributed by atoms with Gasteiger partial charge in [-0.25, -0.2) is 0 Å². The van der Waals surface area contributed by atoms with Gasteiger partial charge in [-0.3, -0.25) is 14.5 Å². The third-order valence-corrected chi connectivity index (χ3v) is 2.39. The van der Waals surface area contributed by atoms with Crippen LogP contribution in [0.1, 0.15) is 26.2 Å². The zero-order valence-electron chi connectivity index (χ0n) is 13.1. The maximum absolute atomic E-state index is 10.4. The van der Waals surface area contributed by atoms with E-state index in [1.165, 1.54) is 6.92 Å². The number of rotatable bonds is 9. The standard InChI is InChI=1S/C9H14N2O.C6H11N3O/c1-9(12)11-8-6-4-3-5-7-10-2;10-6-2-1-4-9-5-3-7-8-9/h3-5,7H,2,6,8H2,1H3,(H,11,12);3,5,10H,1-2,4,6H2/b4-3-,7-5-;. The lowest BCUT2D eigenvalue weighted by Crippen LogP contribution is -2.20. The molecule has 2 N–H and O–H groups in total. The molecule has 1 heterocycles. The molecule has 0 aliphatic carbocycles. The van der Waals surface area contributed by atoms with Crippen molar-refractivity contribution in [3.63, 3.8) is 0 Å². The van der Waals surface area contributed by atoms with E-state index in [0.29, 0.717) is 6.54 Å². The summed E-state index contributed by atoms with van der Waals surface area (Å²) in [4.78, 5) is 13.9. The minimum atomic E-state index is 0.00620. The first-order valence-electron chi connectivity index (χ1n) is 7.17. The average molecular weight is 307 g/mol. The van der Waals surface area contributed by atoms with E-state index in [0.717, 1.165) is 25.8 Å². The first-order valence-corrected chi connectivity index (χ1v) is 7.17. The summed E-state index contributed by atoms with van der Waals surface area (Å²) in [6.45, 7) is 6.58. The van der Waals surface area contributed by atoms with Gasteiger partial charge in [0.15, 0.2) is 0 Å². The number of aliphatic hydroxyl groups is 1. The molecule has 22 heavy (non-hydrogen) atoms. The van der Waals surface area contributed by atoms with Crippen LogP contribution in [0.4, 0.5) is 0 Å². The second-order valence-electron chi connectivity index (χ2n) is 4.32. The van der Waals surface area contributed by atoms with Gasteiger partial charge in [0.25, 0.3) is 0 Å². The SMILES string of the molecule is C=N/C=C\C=C/CCNC(C)=O.OCCCCn1ccnn1. The van der Waals surface area contributed by atoms with E-state index >= 15 is 0 Å². The van der Waals surface area contributed by atoms with E-state index in [1.807, 2.05) is 18.3 Å². The number of aliphatic imine (C=N–C) groups is 1. The molecule has 0 atom stereocenters. The Morgan fingerprint density at radius 3 is 2.86 bits per heavy atom. The fraction of sp³-hybridized carbons (Fsp3) is 0.467. The van der Waals surface area contributed by atoms with Crippen molar-refractivity contribution in [2.45, 2.75) is 32.7 Å². The van der Waals surface area contributed by atoms with Gasteiger partial charge in [-0.15, -0.1) is 5.10 Å². The molecule has 0 radical (unpaired) electrons. The molecular formula is C15H25N5O2. The van der Waals surface area contributed by atoms with Gasteiger partial charge < -0.3 is 10.4 Å². The Labute approximate surface area is 131 Å². The number of amides is 1. The van der Waals surface area contributed by atoms with Crippen LogP contribution in [0.5, 0.6) is 0 Å². The van der Waals surface area contributed by atoms with Gasteiger partial charge in [0, 0.05) is 39.0 Å². The van der Waals surface area contributed by atoms with Gasteiger partial charge in [0.05, 0.1) is 6.20 Å². The predicted octanol–water partition coefficient (Wildman–Crippen LogP) is 1.33. The Morgan fingerprint density at radius 2 is 2.27 bits per heavy atom. The number of aryl methyl sites for hydroxylation is 1. The number of allylic oxidation sites excluding steroid dienone is 2. The topological polar surface area (TPSA) is 92.4 Å². The molecule has 0 saturated heterocycles. The molecular weight excluding hydrogens is 282 g/mol. The maximum atomic E-state index is 10.4. The number of hydrogen-bond acceptors (Lipinski definition) is 5. The zero-order chi connectivity index (χ0) is 16.5. The van der Waals surface area contributed by atoms with Gasteiger partial charge in [0.1, 0.15) is 0 Å². The molecule has 7 heteroatoms. The van der Waals surface area contributed by atoms with Gasteiger partial charge in [0.2, 0.25) is 5.91 Å². The first kappa shape index (κ1) is 19.7. The third-order valence-electron chi connectivity index (χ3n) is 2.39. The average Bonchev–Trinajstić information content (AvgIpc) is 3.00. The van der Waals surface area contributed by atoms with Crippen molar-refractivity contribution in [2.24, 2.45) is 4.99 Å². The molecule has 0 fully saturated rings. The number of nitrogens with zero attached hydrogens (tertiary/aromatic N) is 4. The smallest absolute Gasteiger partial charge is 0.216 e. The second kappa shape index (κ2) is 15.1. The second-order valence-corrected chi connectivity index (χ2v) is 4.32. The molecule has 1 aromatic heterocycles. The van der Waals surface area contributed by atoms with Crippen LogP contribution in [0, 0.1) is 0 Å². The number of carbonyl (C=O) groups excluding carboxylic acids is 1. The van der Waals surface area contributed by atoms with Crippen molar-refractivity contribution in [3.8, 4) is 0 Å². The van der Waals surface area contributed by atoms with Crippen LogP contribution in [0.15, 0.2) is 41.8 Å². The summed E-state index contributed by atoms with van der Waals surface area (Å²) in [5.74, 6) is 0.00620. The quantitative estimate of drug-likeness (QED) is 0.409. The van der Waals surface area contributed by atoms with Crippen LogP contribution < -0.4 is 5.32 Å². The van der Waals surface area contributed by atoms with Crippen molar-refractivity contribution in [1.82, 2.24) is 20.3 Å². The lowest BCUT2D eigenvalue weighted by atomic mass is 10.3. The summed E-state index contributed by atoms with van der Waals surface area (Å²) >= 11 is 0. The van der Waals surface area contributed by atoms with Crippen LogP contribution >= 0.6 is 0 Å². The molecule has 0 aromatic carbocycles. The molecule has 122 valence electrons. The summed E-state index contributed by atoms with van der Waals surface area (Å²) in [6.07, 6.45) is 13.3. The molecule has 0 bridgehead atoms. The van der Waals surface area contributed by atoms with Gasteiger partial charge in [-0.2, -0.15) is 0 Å². The van der Waals surface area contributed by atoms with E-state index in [-0.39, 0.29) is 12.5 Å². The molecule has 0 spiro atoms. The van der Waals surface area contributed by atoms with Crippen molar-refractivity contribution in [1.29, 1.82) is 0 Å². The molecule has 0 aliphatic heterocycles. The lowest BCUT2D eigenvalue weighted by Gasteiger charge is -1.96. The first-order chi connectivity index (χ1) is 10.7.